The van der Waals surface area contributed by atoms with Crippen LogP contribution in [0.15, 0.2) is 6.20 Å². The summed E-state index contributed by atoms with van der Waals surface area (Å²) in [5, 5.41) is 0. The highest BCUT2D eigenvalue weighted by molar-refractivity contribution is 5.53. The molecule has 1 heterocycles. The molecular formula is C10H15FN2O3. The lowest BCUT2D eigenvalue weighted by molar-refractivity contribution is -0.126. The lowest BCUT2D eigenvalue weighted by atomic mass is 10.2. The van der Waals surface area contributed by atoms with Gasteiger partial charge in [-0.2, -0.15) is 0 Å². The number of nitrogens with two attached hydrogens (primary N) is 1. The van der Waals surface area contributed by atoms with E-state index >= 15 is 0 Å². The van der Waals surface area contributed by atoms with Gasteiger partial charge in [0, 0.05) is 0 Å². The summed E-state index contributed by atoms with van der Waals surface area (Å²) in [4.78, 5) is 12.8. The second kappa shape index (κ2) is 7.44. The number of carbonyl (C=O) groups excluding carboxylic acids is 1. The van der Waals surface area contributed by atoms with E-state index in [1.54, 1.807) is 0 Å². The molecule has 0 saturated heterocycles. The number of methoxy groups -OCH3 is 2. The van der Waals surface area contributed by atoms with E-state index in [1.807, 2.05) is 6.92 Å². The normalized spacial score (nSPS) is 8.75. The zero-order valence-corrected chi connectivity index (χ0v) is 9.49. The molecule has 1 rings (SSSR count). The highest BCUT2D eigenvalue weighted by Gasteiger charge is 2.10. The summed E-state index contributed by atoms with van der Waals surface area (Å²) in [5.74, 6) is -0.193. The fourth-order valence-electron chi connectivity index (χ4n) is 0.936. The maximum absolute atomic E-state index is 13.2. The number of anilines is 1. The molecule has 5 nitrogen and oxygen atoms in total. The Labute approximate surface area is 93.4 Å². The fourth-order valence-corrected chi connectivity index (χ4v) is 0.936. The van der Waals surface area contributed by atoms with Crippen LogP contribution in [0.3, 0.4) is 0 Å². The quantitative estimate of drug-likeness (QED) is 0.789. The minimum atomic E-state index is -0.475. The smallest absolute Gasteiger partial charge is 0.292 e. The second-order valence-corrected chi connectivity index (χ2v) is 2.69. The van der Waals surface area contributed by atoms with E-state index < -0.39 is 5.82 Å². The Morgan fingerprint density at radius 3 is 2.50 bits per heavy atom. The predicted octanol–water partition coefficient (Wildman–Crippen LogP) is 1.16. The van der Waals surface area contributed by atoms with Gasteiger partial charge in [-0.1, -0.05) is 6.92 Å². The van der Waals surface area contributed by atoms with Crippen molar-refractivity contribution in [3.05, 3.63) is 17.7 Å². The van der Waals surface area contributed by atoms with Crippen molar-refractivity contribution in [2.24, 2.45) is 0 Å². The van der Waals surface area contributed by atoms with Gasteiger partial charge in [-0.3, -0.25) is 9.78 Å². The molecule has 0 saturated carbocycles. The van der Waals surface area contributed by atoms with Crippen LogP contribution in [0, 0.1) is 5.82 Å². The number of rotatable bonds is 3. The van der Waals surface area contributed by atoms with Crippen LogP contribution < -0.4 is 10.5 Å². The molecule has 0 aromatic carbocycles. The van der Waals surface area contributed by atoms with Crippen molar-refractivity contribution >= 4 is 12.2 Å². The molecule has 1 aromatic heterocycles. The summed E-state index contributed by atoms with van der Waals surface area (Å²) < 4.78 is 21.8. The third-order valence-corrected chi connectivity index (χ3v) is 1.74. The Kier molecular flexibility index (Phi) is 6.58. The van der Waals surface area contributed by atoms with Crippen LogP contribution >= 0.6 is 0 Å². The molecule has 0 atom stereocenters. The van der Waals surface area contributed by atoms with E-state index in [1.165, 1.54) is 20.4 Å². The van der Waals surface area contributed by atoms with E-state index in [-0.39, 0.29) is 11.4 Å². The molecular weight excluding hydrogens is 215 g/mol. The van der Waals surface area contributed by atoms with Crippen molar-refractivity contribution in [3.8, 4) is 5.75 Å². The molecule has 1 aromatic rings. The largest absolute Gasteiger partial charge is 0.493 e. The van der Waals surface area contributed by atoms with Crippen molar-refractivity contribution < 1.29 is 18.7 Å². The fraction of sp³-hybridized carbons (Fsp3) is 0.400. The molecule has 0 aliphatic heterocycles. The number of pyridine rings is 1. The van der Waals surface area contributed by atoms with Gasteiger partial charge in [-0.15, -0.1) is 0 Å². The molecule has 0 spiro atoms. The molecule has 0 bridgehead atoms. The third-order valence-electron chi connectivity index (χ3n) is 1.74. The maximum atomic E-state index is 13.2. The number of ether oxygens (including phenoxy) is 2. The van der Waals surface area contributed by atoms with Gasteiger partial charge in [0.1, 0.15) is 5.69 Å². The number of hydrogen-bond acceptors (Lipinski definition) is 5. The highest BCUT2D eigenvalue weighted by atomic mass is 19.1. The van der Waals surface area contributed by atoms with Crippen LogP contribution in [0.2, 0.25) is 0 Å². The van der Waals surface area contributed by atoms with Crippen molar-refractivity contribution in [2.45, 2.75) is 13.3 Å². The first kappa shape index (κ1) is 14.2. The summed E-state index contributed by atoms with van der Waals surface area (Å²) in [5.41, 5.74) is 5.83. The topological polar surface area (TPSA) is 74.4 Å². The first-order valence-electron chi connectivity index (χ1n) is 4.55. The van der Waals surface area contributed by atoms with Crippen LogP contribution in [0.1, 0.15) is 12.6 Å². The molecule has 90 valence electrons. The maximum Gasteiger partial charge on any atom is 0.292 e. The summed E-state index contributed by atoms with van der Waals surface area (Å²) >= 11 is 0. The molecule has 0 aliphatic carbocycles. The summed E-state index contributed by atoms with van der Waals surface area (Å²) in [6.07, 6.45) is 1.96. The minimum Gasteiger partial charge on any atom is -0.493 e. The van der Waals surface area contributed by atoms with E-state index in [0.717, 1.165) is 0 Å². The van der Waals surface area contributed by atoms with Gasteiger partial charge in [-0.25, -0.2) is 4.39 Å². The van der Waals surface area contributed by atoms with Gasteiger partial charge in [-0.05, 0) is 6.42 Å². The number of aromatic nitrogens is 1. The SMILES string of the molecule is CCc1ncc(OC)c(N)c1F.COC=O. The van der Waals surface area contributed by atoms with Crippen molar-refractivity contribution in [1.82, 2.24) is 4.98 Å². The van der Waals surface area contributed by atoms with Gasteiger partial charge in [0.05, 0.1) is 26.1 Å². The number of hydrogen-bond donors (Lipinski definition) is 1. The van der Waals surface area contributed by atoms with Crippen LogP contribution in [0.25, 0.3) is 0 Å². The lowest BCUT2D eigenvalue weighted by Crippen LogP contribution is -2.01. The number of carbonyl (C=O) groups is 1. The Morgan fingerprint density at radius 2 is 2.12 bits per heavy atom. The van der Waals surface area contributed by atoms with E-state index in [4.69, 9.17) is 15.3 Å². The number of nitrogen functional groups attached to an aromatic ring is 1. The lowest BCUT2D eigenvalue weighted by Gasteiger charge is -2.06. The van der Waals surface area contributed by atoms with Crippen molar-refractivity contribution in [1.29, 1.82) is 0 Å². The van der Waals surface area contributed by atoms with E-state index in [0.29, 0.717) is 18.6 Å². The molecule has 6 heteroatoms. The average molecular weight is 230 g/mol. The van der Waals surface area contributed by atoms with E-state index in [2.05, 4.69) is 9.72 Å². The monoisotopic (exact) mass is 230 g/mol. The van der Waals surface area contributed by atoms with Gasteiger partial charge in [0.15, 0.2) is 11.6 Å². The predicted molar refractivity (Wildman–Crippen MR) is 57.6 cm³/mol. The highest BCUT2D eigenvalue weighted by Crippen LogP contribution is 2.24. The Bertz CT molecular complexity index is 316. The van der Waals surface area contributed by atoms with E-state index in [9.17, 15) is 4.39 Å². The average Bonchev–Trinajstić information content (AvgIpc) is 2.33. The number of nitrogens with zero attached hydrogens (tertiary/aromatic N) is 1. The first-order valence-corrected chi connectivity index (χ1v) is 4.55. The third kappa shape index (κ3) is 3.72. The molecule has 0 unspecified atom stereocenters. The first-order chi connectivity index (χ1) is 7.62. The minimum absolute atomic E-state index is 0.0318. The standard InChI is InChI=1S/C8H11FN2O.C2H4O2/c1-3-5-7(9)8(10)6(12-2)4-11-5;1-4-2-3/h4H,3H2,1-2H3,(H2,10,11);2H,1H3. The Hall–Kier alpha value is -1.85. The number of halogens is 1. The van der Waals surface area contributed by atoms with Gasteiger partial charge in [0.25, 0.3) is 6.47 Å². The molecule has 0 fully saturated rings. The van der Waals surface area contributed by atoms with Crippen LogP contribution in [0.5, 0.6) is 5.75 Å². The summed E-state index contributed by atoms with van der Waals surface area (Å²) in [7, 11) is 2.74. The molecule has 0 radical (unpaired) electrons. The summed E-state index contributed by atoms with van der Waals surface area (Å²) in [6, 6.07) is 0. The molecule has 16 heavy (non-hydrogen) atoms. The van der Waals surface area contributed by atoms with Crippen molar-refractivity contribution in [2.75, 3.05) is 20.0 Å². The molecule has 0 amide bonds. The van der Waals surface area contributed by atoms with Crippen molar-refractivity contribution in [3.63, 3.8) is 0 Å². The van der Waals surface area contributed by atoms with Gasteiger partial charge in [0.2, 0.25) is 0 Å². The number of aryl methyl sites for hydroxylation is 1. The Morgan fingerprint density at radius 1 is 1.56 bits per heavy atom. The van der Waals surface area contributed by atoms with Gasteiger partial charge < -0.3 is 15.2 Å². The van der Waals surface area contributed by atoms with Crippen LogP contribution in [-0.2, 0) is 16.0 Å². The summed E-state index contributed by atoms with van der Waals surface area (Å²) in [6.45, 7) is 2.19. The van der Waals surface area contributed by atoms with Gasteiger partial charge >= 0.3 is 0 Å². The van der Waals surface area contributed by atoms with Crippen LogP contribution in [0.4, 0.5) is 10.1 Å². The Balaban J connectivity index is 0.000000487. The second-order valence-electron chi connectivity index (χ2n) is 2.69. The molecule has 0 aliphatic rings. The van der Waals surface area contributed by atoms with Crippen LogP contribution in [-0.4, -0.2) is 25.7 Å². The molecule has 2 N–H and O–H groups in total. The zero-order chi connectivity index (χ0) is 12.6. The zero-order valence-electron chi connectivity index (χ0n) is 9.49.